The zero-order chi connectivity index (χ0) is 9.26. The Bertz CT molecular complexity index is 200. The lowest BCUT2D eigenvalue weighted by Crippen LogP contribution is -2.32. The SMILES string of the molecule is CSCCC(=O)NC1C2CNCC21. The summed E-state index contributed by atoms with van der Waals surface area (Å²) < 4.78 is 0. The third-order valence-electron chi connectivity index (χ3n) is 2.95. The molecule has 1 heterocycles. The summed E-state index contributed by atoms with van der Waals surface area (Å²) in [6, 6.07) is 0.496. The molecule has 1 amide bonds. The molecule has 1 saturated heterocycles. The van der Waals surface area contributed by atoms with Crippen LogP contribution < -0.4 is 10.6 Å². The van der Waals surface area contributed by atoms with Gasteiger partial charge in [0.1, 0.15) is 0 Å². The van der Waals surface area contributed by atoms with Gasteiger partial charge in [-0.15, -0.1) is 0 Å². The lowest BCUT2D eigenvalue weighted by Gasteiger charge is -2.06. The Kier molecular flexibility index (Phi) is 2.79. The number of piperidine rings is 1. The first kappa shape index (κ1) is 9.34. The van der Waals surface area contributed by atoms with Gasteiger partial charge in [0.05, 0.1) is 0 Å². The van der Waals surface area contributed by atoms with E-state index in [2.05, 4.69) is 10.6 Å². The van der Waals surface area contributed by atoms with Gasteiger partial charge in [-0.25, -0.2) is 0 Å². The van der Waals surface area contributed by atoms with E-state index in [4.69, 9.17) is 0 Å². The second-order valence-electron chi connectivity index (χ2n) is 3.82. The molecule has 4 heteroatoms. The molecule has 0 bridgehead atoms. The van der Waals surface area contributed by atoms with Gasteiger partial charge in [0.15, 0.2) is 0 Å². The first-order chi connectivity index (χ1) is 6.33. The molecule has 1 saturated carbocycles. The van der Waals surface area contributed by atoms with Gasteiger partial charge < -0.3 is 10.6 Å². The van der Waals surface area contributed by atoms with E-state index in [1.165, 1.54) is 0 Å². The van der Waals surface area contributed by atoms with Crippen LogP contribution in [0.15, 0.2) is 0 Å². The summed E-state index contributed by atoms with van der Waals surface area (Å²) in [5.74, 6) is 2.64. The molecule has 2 aliphatic rings. The van der Waals surface area contributed by atoms with Crippen LogP contribution in [0.25, 0.3) is 0 Å². The van der Waals surface area contributed by atoms with Crippen LogP contribution in [-0.4, -0.2) is 37.0 Å². The molecule has 2 unspecified atom stereocenters. The smallest absolute Gasteiger partial charge is 0.221 e. The van der Waals surface area contributed by atoms with Gasteiger partial charge >= 0.3 is 0 Å². The summed E-state index contributed by atoms with van der Waals surface area (Å²) in [5.41, 5.74) is 0. The number of rotatable bonds is 4. The Balaban J connectivity index is 1.65. The number of fused-ring (bicyclic) bond motifs is 1. The molecule has 0 aromatic heterocycles. The van der Waals surface area contributed by atoms with Gasteiger partial charge in [-0.3, -0.25) is 4.79 Å². The highest BCUT2D eigenvalue weighted by atomic mass is 32.2. The molecular formula is C9H16N2OS. The fraction of sp³-hybridized carbons (Fsp3) is 0.889. The van der Waals surface area contributed by atoms with E-state index in [-0.39, 0.29) is 5.91 Å². The first-order valence-corrected chi connectivity index (χ1v) is 6.21. The number of carbonyl (C=O) groups excluding carboxylic acids is 1. The molecule has 1 aliphatic heterocycles. The number of thioether (sulfide) groups is 1. The minimum Gasteiger partial charge on any atom is -0.353 e. The lowest BCUT2D eigenvalue weighted by molar-refractivity contribution is -0.120. The van der Waals surface area contributed by atoms with E-state index in [1.807, 2.05) is 6.26 Å². The number of hydrogen-bond acceptors (Lipinski definition) is 3. The van der Waals surface area contributed by atoms with Crippen LogP contribution in [-0.2, 0) is 4.79 Å². The van der Waals surface area contributed by atoms with E-state index in [9.17, 15) is 4.79 Å². The minimum atomic E-state index is 0.230. The summed E-state index contributed by atoms with van der Waals surface area (Å²) in [4.78, 5) is 11.3. The van der Waals surface area contributed by atoms with Crippen molar-refractivity contribution in [3.05, 3.63) is 0 Å². The second-order valence-corrected chi connectivity index (χ2v) is 4.81. The minimum absolute atomic E-state index is 0.230. The van der Waals surface area contributed by atoms with Crippen molar-refractivity contribution < 1.29 is 4.79 Å². The average Bonchev–Trinajstić information content (AvgIpc) is 2.63. The van der Waals surface area contributed by atoms with Gasteiger partial charge in [-0.1, -0.05) is 0 Å². The van der Waals surface area contributed by atoms with Crippen molar-refractivity contribution in [2.75, 3.05) is 25.1 Å². The molecule has 3 nitrogen and oxygen atoms in total. The Morgan fingerprint density at radius 1 is 1.54 bits per heavy atom. The highest BCUT2D eigenvalue weighted by molar-refractivity contribution is 7.98. The van der Waals surface area contributed by atoms with Crippen molar-refractivity contribution in [2.45, 2.75) is 12.5 Å². The highest BCUT2D eigenvalue weighted by Crippen LogP contribution is 2.41. The standard InChI is InChI=1S/C9H16N2OS/c1-13-3-2-8(12)11-9-6-4-10-5-7(6)9/h6-7,9-10H,2-5H2,1H3,(H,11,12). The third-order valence-corrected chi connectivity index (χ3v) is 3.56. The van der Waals surface area contributed by atoms with E-state index < -0.39 is 0 Å². The maximum absolute atomic E-state index is 11.3. The van der Waals surface area contributed by atoms with Crippen LogP contribution in [0, 0.1) is 11.8 Å². The predicted molar refractivity (Wildman–Crippen MR) is 54.8 cm³/mol. The normalized spacial score (nSPS) is 35.6. The average molecular weight is 200 g/mol. The summed E-state index contributed by atoms with van der Waals surface area (Å²) in [5, 5.41) is 6.41. The maximum Gasteiger partial charge on any atom is 0.221 e. The molecular weight excluding hydrogens is 184 g/mol. The molecule has 0 aromatic carbocycles. The molecule has 2 atom stereocenters. The van der Waals surface area contributed by atoms with E-state index in [1.54, 1.807) is 11.8 Å². The van der Waals surface area contributed by atoms with E-state index in [0.717, 1.165) is 30.7 Å². The van der Waals surface area contributed by atoms with Crippen LogP contribution in [0.3, 0.4) is 0 Å². The number of nitrogens with one attached hydrogen (secondary N) is 2. The molecule has 0 radical (unpaired) electrons. The molecule has 1 aliphatic carbocycles. The van der Waals surface area contributed by atoms with E-state index >= 15 is 0 Å². The van der Waals surface area contributed by atoms with Crippen LogP contribution in [0.2, 0.25) is 0 Å². The molecule has 0 spiro atoms. The Labute approximate surface area is 83.0 Å². The zero-order valence-corrected chi connectivity index (χ0v) is 8.69. The number of amides is 1. The van der Waals surface area contributed by atoms with Gasteiger partial charge in [-0.05, 0) is 18.1 Å². The van der Waals surface area contributed by atoms with E-state index in [0.29, 0.717) is 12.5 Å². The van der Waals surface area contributed by atoms with Crippen molar-refractivity contribution in [2.24, 2.45) is 11.8 Å². The van der Waals surface area contributed by atoms with Gasteiger partial charge in [0.2, 0.25) is 5.91 Å². The van der Waals surface area contributed by atoms with Crippen molar-refractivity contribution >= 4 is 17.7 Å². The quantitative estimate of drug-likeness (QED) is 0.675. The largest absolute Gasteiger partial charge is 0.353 e. The topological polar surface area (TPSA) is 41.1 Å². The molecule has 2 rings (SSSR count). The summed E-state index contributed by atoms with van der Waals surface area (Å²) in [7, 11) is 0. The molecule has 74 valence electrons. The highest BCUT2D eigenvalue weighted by Gasteiger charge is 2.53. The third kappa shape index (κ3) is 1.99. The van der Waals surface area contributed by atoms with Crippen LogP contribution >= 0.6 is 11.8 Å². The summed E-state index contributed by atoms with van der Waals surface area (Å²) >= 11 is 1.73. The first-order valence-electron chi connectivity index (χ1n) is 4.82. The van der Waals surface area contributed by atoms with Crippen LogP contribution in [0.4, 0.5) is 0 Å². The fourth-order valence-electron chi connectivity index (χ4n) is 2.09. The van der Waals surface area contributed by atoms with Crippen molar-refractivity contribution in [3.8, 4) is 0 Å². The van der Waals surface area contributed by atoms with Crippen molar-refractivity contribution in [1.82, 2.24) is 10.6 Å². The van der Waals surface area contributed by atoms with Crippen molar-refractivity contribution in [1.29, 1.82) is 0 Å². The lowest BCUT2D eigenvalue weighted by atomic mass is 10.4. The fourth-order valence-corrected chi connectivity index (χ4v) is 2.47. The Hall–Kier alpha value is -0.220. The van der Waals surface area contributed by atoms with Gasteiger partial charge in [0, 0.05) is 31.3 Å². The molecule has 2 fully saturated rings. The number of carbonyl (C=O) groups is 1. The molecule has 2 N–H and O–H groups in total. The molecule has 13 heavy (non-hydrogen) atoms. The van der Waals surface area contributed by atoms with Crippen molar-refractivity contribution in [3.63, 3.8) is 0 Å². The van der Waals surface area contributed by atoms with Gasteiger partial charge in [-0.2, -0.15) is 11.8 Å². The second kappa shape index (κ2) is 3.88. The Morgan fingerprint density at radius 3 is 2.85 bits per heavy atom. The monoisotopic (exact) mass is 200 g/mol. The summed E-state index contributed by atoms with van der Waals surface area (Å²) in [6.45, 7) is 2.19. The predicted octanol–water partition coefficient (Wildman–Crippen LogP) is 0.0735. The number of hydrogen-bond donors (Lipinski definition) is 2. The van der Waals surface area contributed by atoms with Crippen LogP contribution in [0.5, 0.6) is 0 Å². The van der Waals surface area contributed by atoms with Crippen LogP contribution in [0.1, 0.15) is 6.42 Å². The summed E-state index contributed by atoms with van der Waals surface area (Å²) in [6.07, 6.45) is 2.70. The Morgan fingerprint density at radius 2 is 2.23 bits per heavy atom. The molecule has 0 aromatic rings. The van der Waals surface area contributed by atoms with Gasteiger partial charge in [0.25, 0.3) is 0 Å². The zero-order valence-electron chi connectivity index (χ0n) is 7.88. The maximum atomic E-state index is 11.3.